The Kier molecular flexibility index (Phi) is 2.87. The Morgan fingerprint density at radius 3 is 3.11 bits per heavy atom. The minimum atomic E-state index is 0.589. The van der Waals surface area contributed by atoms with E-state index >= 15 is 0 Å². The van der Waals surface area contributed by atoms with E-state index in [-0.39, 0.29) is 0 Å². The molecule has 0 amide bonds. The Bertz CT molecular complexity index is 166. The van der Waals surface area contributed by atoms with Crippen LogP contribution in [0.3, 0.4) is 0 Å². The fraction of sp³-hybridized carbons (Fsp3) is 0.167. The molecule has 1 aromatic heterocycles. The van der Waals surface area contributed by atoms with E-state index in [9.17, 15) is 0 Å². The number of alkyl halides is 1. The van der Waals surface area contributed by atoms with Crippen molar-refractivity contribution in [2.75, 3.05) is 5.21 Å². The molecule has 0 saturated carbocycles. The van der Waals surface area contributed by atoms with Crippen molar-refractivity contribution in [1.82, 2.24) is 4.98 Å². The van der Waals surface area contributed by atoms with E-state index < -0.39 is 0 Å². The highest BCUT2D eigenvalue weighted by molar-refractivity contribution is 8.00. The van der Waals surface area contributed by atoms with Gasteiger partial charge in [0.05, 0.1) is 5.21 Å². The van der Waals surface area contributed by atoms with Crippen LogP contribution in [0.4, 0.5) is 0 Å². The molecule has 9 heavy (non-hydrogen) atoms. The maximum absolute atomic E-state index is 5.47. The number of aromatic nitrogens is 1. The molecule has 0 radical (unpaired) electrons. The third kappa shape index (κ3) is 2.24. The summed E-state index contributed by atoms with van der Waals surface area (Å²) in [5, 5.41) is 0.589. The lowest BCUT2D eigenvalue weighted by Gasteiger charge is -1.91. The van der Waals surface area contributed by atoms with E-state index in [0.717, 1.165) is 4.90 Å². The first-order valence-corrected chi connectivity index (χ1v) is 4.04. The molecule has 1 nitrogen and oxygen atoms in total. The van der Waals surface area contributed by atoms with Crippen molar-refractivity contribution in [1.29, 1.82) is 0 Å². The van der Waals surface area contributed by atoms with Crippen LogP contribution in [0.1, 0.15) is 0 Å². The third-order valence-electron chi connectivity index (χ3n) is 0.856. The van der Waals surface area contributed by atoms with Crippen LogP contribution >= 0.6 is 23.4 Å². The molecule has 1 rings (SSSR count). The molecule has 1 heterocycles. The Morgan fingerprint density at radius 2 is 2.56 bits per heavy atom. The lowest BCUT2D eigenvalue weighted by atomic mass is 10.5. The third-order valence-corrected chi connectivity index (χ3v) is 1.87. The quantitative estimate of drug-likeness (QED) is 0.486. The van der Waals surface area contributed by atoms with Crippen molar-refractivity contribution >= 4 is 23.4 Å². The average molecular weight is 160 g/mol. The normalized spacial score (nSPS) is 9.44. The second-order valence-corrected chi connectivity index (χ2v) is 3.08. The molecule has 0 atom stereocenters. The van der Waals surface area contributed by atoms with Crippen molar-refractivity contribution in [2.45, 2.75) is 4.90 Å². The van der Waals surface area contributed by atoms with Gasteiger partial charge in [-0.05, 0) is 12.1 Å². The molecule has 0 aliphatic rings. The summed E-state index contributed by atoms with van der Waals surface area (Å²) in [7, 11) is 0. The minimum Gasteiger partial charge on any atom is -0.264 e. The highest BCUT2D eigenvalue weighted by Crippen LogP contribution is 2.16. The van der Waals surface area contributed by atoms with E-state index in [0.29, 0.717) is 5.21 Å². The van der Waals surface area contributed by atoms with E-state index in [4.69, 9.17) is 11.6 Å². The zero-order valence-electron chi connectivity index (χ0n) is 4.75. The lowest BCUT2D eigenvalue weighted by Crippen LogP contribution is -1.71. The van der Waals surface area contributed by atoms with Gasteiger partial charge >= 0.3 is 0 Å². The first kappa shape index (κ1) is 6.90. The Labute approximate surface area is 63.4 Å². The standard InChI is InChI=1S/C6H6ClNS/c7-5-9-6-2-1-3-8-4-6/h1-4H,5H2. The smallest absolute Gasteiger partial charge is 0.0728 e. The SMILES string of the molecule is ClCSc1cccnc1. The fourth-order valence-corrected chi connectivity index (χ4v) is 1.31. The maximum atomic E-state index is 5.47. The van der Waals surface area contributed by atoms with Gasteiger partial charge in [-0.1, -0.05) is 0 Å². The van der Waals surface area contributed by atoms with Crippen LogP contribution in [0.15, 0.2) is 29.4 Å². The monoisotopic (exact) mass is 159 g/mol. The van der Waals surface area contributed by atoms with Gasteiger partial charge < -0.3 is 0 Å². The van der Waals surface area contributed by atoms with Crippen LogP contribution in [-0.4, -0.2) is 10.2 Å². The van der Waals surface area contributed by atoms with E-state index in [1.807, 2.05) is 12.1 Å². The van der Waals surface area contributed by atoms with Gasteiger partial charge in [0, 0.05) is 17.3 Å². The second-order valence-electron chi connectivity index (χ2n) is 1.44. The molecule has 0 unspecified atom stereocenters. The van der Waals surface area contributed by atoms with E-state index in [1.54, 1.807) is 24.2 Å². The van der Waals surface area contributed by atoms with Crippen LogP contribution < -0.4 is 0 Å². The van der Waals surface area contributed by atoms with Crippen LogP contribution in [0.2, 0.25) is 0 Å². The first-order chi connectivity index (χ1) is 4.43. The topological polar surface area (TPSA) is 12.9 Å². The molecule has 0 aliphatic heterocycles. The van der Waals surface area contributed by atoms with Gasteiger partial charge in [0.15, 0.2) is 0 Å². The van der Waals surface area contributed by atoms with Crippen LogP contribution in [-0.2, 0) is 0 Å². The van der Waals surface area contributed by atoms with Crippen molar-refractivity contribution in [3.8, 4) is 0 Å². The molecule has 0 saturated heterocycles. The maximum Gasteiger partial charge on any atom is 0.0728 e. The van der Waals surface area contributed by atoms with Gasteiger partial charge in [0.1, 0.15) is 0 Å². The summed E-state index contributed by atoms with van der Waals surface area (Å²) in [4.78, 5) is 5.04. The van der Waals surface area contributed by atoms with Crippen LogP contribution in [0.5, 0.6) is 0 Å². The summed E-state index contributed by atoms with van der Waals surface area (Å²) in [5.41, 5.74) is 0. The zero-order valence-corrected chi connectivity index (χ0v) is 6.32. The molecule has 0 spiro atoms. The van der Waals surface area contributed by atoms with Crippen LogP contribution in [0, 0.1) is 0 Å². The Hall–Kier alpha value is -0.210. The average Bonchev–Trinajstić information content (AvgIpc) is 1.91. The molecule has 0 N–H and O–H groups in total. The number of pyridine rings is 1. The van der Waals surface area contributed by atoms with Gasteiger partial charge in [0.2, 0.25) is 0 Å². The summed E-state index contributed by atoms with van der Waals surface area (Å²) in [5.74, 6) is 0. The Morgan fingerprint density at radius 1 is 1.67 bits per heavy atom. The summed E-state index contributed by atoms with van der Waals surface area (Å²) >= 11 is 7.05. The van der Waals surface area contributed by atoms with Gasteiger partial charge in [-0.25, -0.2) is 0 Å². The van der Waals surface area contributed by atoms with E-state index in [1.165, 1.54) is 0 Å². The zero-order chi connectivity index (χ0) is 6.53. The van der Waals surface area contributed by atoms with Gasteiger partial charge in [-0.3, -0.25) is 4.98 Å². The molecule has 48 valence electrons. The van der Waals surface area contributed by atoms with Gasteiger partial charge in [-0.2, -0.15) is 0 Å². The predicted octanol–water partition coefficient (Wildman–Crippen LogP) is 2.37. The molecule has 3 heteroatoms. The molecule has 0 bridgehead atoms. The second kappa shape index (κ2) is 3.75. The highest BCUT2D eigenvalue weighted by Gasteiger charge is 1.87. The van der Waals surface area contributed by atoms with Gasteiger partial charge in [0.25, 0.3) is 0 Å². The van der Waals surface area contributed by atoms with Crippen molar-refractivity contribution in [3.05, 3.63) is 24.5 Å². The van der Waals surface area contributed by atoms with Crippen molar-refractivity contribution < 1.29 is 0 Å². The molecule has 1 aromatic rings. The molecular weight excluding hydrogens is 154 g/mol. The number of hydrogen-bond donors (Lipinski definition) is 0. The number of thioether (sulfide) groups is 1. The highest BCUT2D eigenvalue weighted by atomic mass is 35.5. The molecular formula is C6H6ClNS. The lowest BCUT2D eigenvalue weighted by molar-refractivity contribution is 1.24. The number of rotatable bonds is 2. The number of hydrogen-bond acceptors (Lipinski definition) is 2. The molecule has 0 aromatic carbocycles. The number of halogens is 1. The number of nitrogens with zero attached hydrogens (tertiary/aromatic N) is 1. The van der Waals surface area contributed by atoms with Gasteiger partial charge in [-0.15, -0.1) is 23.4 Å². The molecule has 0 aliphatic carbocycles. The summed E-state index contributed by atoms with van der Waals surface area (Å²) < 4.78 is 0. The molecule has 0 fully saturated rings. The fourth-order valence-electron chi connectivity index (χ4n) is 0.495. The minimum absolute atomic E-state index is 0.589. The predicted molar refractivity (Wildman–Crippen MR) is 40.8 cm³/mol. The summed E-state index contributed by atoms with van der Waals surface area (Å²) in [6.07, 6.45) is 3.55. The van der Waals surface area contributed by atoms with Crippen molar-refractivity contribution in [2.24, 2.45) is 0 Å². The Balaban J connectivity index is 2.61. The summed E-state index contributed by atoms with van der Waals surface area (Å²) in [6.45, 7) is 0. The van der Waals surface area contributed by atoms with Crippen molar-refractivity contribution in [3.63, 3.8) is 0 Å². The first-order valence-electron chi connectivity index (χ1n) is 2.52. The van der Waals surface area contributed by atoms with E-state index in [2.05, 4.69) is 4.98 Å². The summed E-state index contributed by atoms with van der Waals surface area (Å²) in [6, 6.07) is 3.88. The van der Waals surface area contributed by atoms with Crippen LogP contribution in [0.25, 0.3) is 0 Å². The largest absolute Gasteiger partial charge is 0.264 e.